The number of nitrogens with zero attached hydrogens (tertiary/aromatic N) is 3. The van der Waals surface area contributed by atoms with E-state index in [1.54, 1.807) is 36.0 Å². The van der Waals surface area contributed by atoms with Crippen LogP contribution in [0.5, 0.6) is 0 Å². The minimum absolute atomic E-state index is 0.0930. The number of aryl methyl sites for hydroxylation is 1. The highest BCUT2D eigenvalue weighted by molar-refractivity contribution is 7.98. The second-order valence-electron chi connectivity index (χ2n) is 6.72. The number of hydrogen-bond donors (Lipinski definition) is 2. The van der Waals surface area contributed by atoms with E-state index in [1.807, 2.05) is 6.26 Å². The topological polar surface area (TPSA) is 88.9 Å². The second kappa shape index (κ2) is 11.1. The number of halogens is 1. The maximum Gasteiger partial charge on any atom is 0.253 e. The molecule has 7 nitrogen and oxygen atoms in total. The standard InChI is InChI=1S/C19H26ClN5O2S/c1-13(2)12-25-16(23-24-19(25)28-3)9-6-10-21-17(26)11-22-18(27)14-7-4-5-8-15(14)20/h4-5,7-8,13H,6,9-12H2,1-3H3,(H,21,26)(H,22,27). The third-order valence-corrected chi connectivity index (χ3v) is 4.95. The molecule has 0 fully saturated rings. The SMILES string of the molecule is CSc1nnc(CCCNC(=O)CNC(=O)c2ccccc2Cl)n1CC(C)C. The molecule has 0 aliphatic carbocycles. The Morgan fingerprint density at radius 3 is 2.64 bits per heavy atom. The van der Waals surface area contributed by atoms with Crippen LogP contribution in [-0.2, 0) is 17.8 Å². The number of rotatable bonds is 10. The van der Waals surface area contributed by atoms with Crippen molar-refractivity contribution >= 4 is 35.2 Å². The minimum atomic E-state index is -0.368. The van der Waals surface area contributed by atoms with Gasteiger partial charge in [-0.1, -0.05) is 49.3 Å². The molecule has 0 saturated heterocycles. The molecule has 28 heavy (non-hydrogen) atoms. The summed E-state index contributed by atoms with van der Waals surface area (Å²) in [6.45, 7) is 5.60. The van der Waals surface area contributed by atoms with Gasteiger partial charge in [-0.15, -0.1) is 10.2 Å². The molecule has 1 aromatic heterocycles. The van der Waals surface area contributed by atoms with Crippen molar-refractivity contribution in [2.24, 2.45) is 5.92 Å². The van der Waals surface area contributed by atoms with Gasteiger partial charge in [0.1, 0.15) is 5.82 Å². The molecule has 1 heterocycles. The molecule has 0 unspecified atom stereocenters. The van der Waals surface area contributed by atoms with Gasteiger partial charge in [0.05, 0.1) is 17.1 Å². The zero-order chi connectivity index (χ0) is 20.5. The number of carbonyl (C=O) groups is 2. The lowest BCUT2D eigenvalue weighted by atomic mass is 10.2. The van der Waals surface area contributed by atoms with Crippen molar-refractivity contribution < 1.29 is 9.59 Å². The Morgan fingerprint density at radius 2 is 1.96 bits per heavy atom. The van der Waals surface area contributed by atoms with Gasteiger partial charge in [0.2, 0.25) is 5.91 Å². The van der Waals surface area contributed by atoms with E-state index in [0.29, 0.717) is 23.0 Å². The first-order valence-electron chi connectivity index (χ1n) is 9.17. The van der Waals surface area contributed by atoms with E-state index in [-0.39, 0.29) is 18.4 Å². The molecule has 2 N–H and O–H groups in total. The number of amides is 2. The summed E-state index contributed by atoms with van der Waals surface area (Å²) in [4.78, 5) is 24.0. The fourth-order valence-electron chi connectivity index (χ4n) is 2.64. The van der Waals surface area contributed by atoms with Crippen LogP contribution >= 0.6 is 23.4 Å². The van der Waals surface area contributed by atoms with Gasteiger partial charge in [0.25, 0.3) is 5.91 Å². The van der Waals surface area contributed by atoms with E-state index in [2.05, 4.69) is 39.2 Å². The Balaban J connectivity index is 1.74. The highest BCUT2D eigenvalue weighted by atomic mass is 35.5. The van der Waals surface area contributed by atoms with Crippen LogP contribution in [0, 0.1) is 5.92 Å². The molecule has 0 radical (unpaired) electrons. The highest BCUT2D eigenvalue weighted by Gasteiger charge is 2.13. The molecular formula is C19H26ClN5O2S. The zero-order valence-corrected chi connectivity index (χ0v) is 17.9. The van der Waals surface area contributed by atoms with Gasteiger partial charge in [-0.2, -0.15) is 0 Å². The monoisotopic (exact) mass is 423 g/mol. The van der Waals surface area contributed by atoms with Crippen LogP contribution in [0.15, 0.2) is 29.4 Å². The summed E-state index contributed by atoms with van der Waals surface area (Å²) in [5.74, 6) is 0.822. The minimum Gasteiger partial charge on any atom is -0.355 e. The van der Waals surface area contributed by atoms with Crippen molar-refractivity contribution in [1.82, 2.24) is 25.4 Å². The smallest absolute Gasteiger partial charge is 0.253 e. The molecule has 0 aliphatic rings. The molecule has 9 heteroatoms. The van der Waals surface area contributed by atoms with Gasteiger partial charge in [-0.3, -0.25) is 9.59 Å². The van der Waals surface area contributed by atoms with Crippen LogP contribution in [0.2, 0.25) is 5.02 Å². The molecule has 2 aromatic rings. The molecule has 2 amide bonds. The molecule has 152 valence electrons. The molecule has 0 aliphatic heterocycles. The lowest BCUT2D eigenvalue weighted by molar-refractivity contribution is -0.120. The van der Waals surface area contributed by atoms with E-state index in [9.17, 15) is 9.59 Å². The van der Waals surface area contributed by atoms with Gasteiger partial charge in [0, 0.05) is 19.5 Å². The van der Waals surface area contributed by atoms with E-state index in [0.717, 1.165) is 30.4 Å². The van der Waals surface area contributed by atoms with Gasteiger partial charge in [-0.25, -0.2) is 0 Å². The quantitative estimate of drug-likeness (QED) is 0.453. The molecule has 1 aromatic carbocycles. The van der Waals surface area contributed by atoms with Gasteiger partial charge < -0.3 is 15.2 Å². The molecule has 2 rings (SSSR count). The van der Waals surface area contributed by atoms with Crippen molar-refractivity contribution in [2.45, 2.75) is 38.4 Å². The van der Waals surface area contributed by atoms with Crippen LogP contribution in [0.3, 0.4) is 0 Å². The lowest BCUT2D eigenvalue weighted by Gasteiger charge is -2.12. The van der Waals surface area contributed by atoms with Crippen LogP contribution in [-0.4, -0.2) is 45.9 Å². The summed E-state index contributed by atoms with van der Waals surface area (Å²) >= 11 is 7.56. The fraction of sp³-hybridized carbons (Fsp3) is 0.474. The summed E-state index contributed by atoms with van der Waals surface area (Å²) in [7, 11) is 0. The average molecular weight is 424 g/mol. The Kier molecular flexibility index (Phi) is 8.79. The summed E-state index contributed by atoms with van der Waals surface area (Å²) in [6.07, 6.45) is 3.46. The van der Waals surface area contributed by atoms with Crippen LogP contribution in [0.25, 0.3) is 0 Å². The fourth-order valence-corrected chi connectivity index (χ4v) is 3.39. The largest absolute Gasteiger partial charge is 0.355 e. The first-order valence-corrected chi connectivity index (χ1v) is 10.8. The van der Waals surface area contributed by atoms with E-state index in [4.69, 9.17) is 11.6 Å². The van der Waals surface area contributed by atoms with E-state index >= 15 is 0 Å². The van der Waals surface area contributed by atoms with Crippen LogP contribution < -0.4 is 10.6 Å². The lowest BCUT2D eigenvalue weighted by Crippen LogP contribution is -2.37. The van der Waals surface area contributed by atoms with Gasteiger partial charge in [0.15, 0.2) is 5.16 Å². The summed E-state index contributed by atoms with van der Waals surface area (Å²) in [5, 5.41) is 15.1. The van der Waals surface area contributed by atoms with Gasteiger partial charge >= 0.3 is 0 Å². The normalized spacial score (nSPS) is 10.9. The molecule has 0 atom stereocenters. The predicted molar refractivity (Wildman–Crippen MR) is 112 cm³/mol. The van der Waals surface area contributed by atoms with Crippen molar-refractivity contribution in [1.29, 1.82) is 0 Å². The molecule has 0 bridgehead atoms. The third-order valence-electron chi connectivity index (χ3n) is 3.95. The Hall–Kier alpha value is -2.06. The zero-order valence-electron chi connectivity index (χ0n) is 16.4. The average Bonchev–Trinajstić information content (AvgIpc) is 3.04. The van der Waals surface area contributed by atoms with E-state index < -0.39 is 0 Å². The first-order chi connectivity index (χ1) is 13.4. The van der Waals surface area contributed by atoms with E-state index in [1.165, 1.54) is 0 Å². The number of aromatic nitrogens is 3. The molecule has 0 spiro atoms. The van der Waals surface area contributed by atoms with Gasteiger partial charge in [-0.05, 0) is 30.7 Å². The third kappa shape index (κ3) is 6.53. The summed E-state index contributed by atoms with van der Waals surface area (Å²) in [6, 6.07) is 6.72. The molecular weight excluding hydrogens is 398 g/mol. The Morgan fingerprint density at radius 1 is 1.21 bits per heavy atom. The number of nitrogens with one attached hydrogen (secondary N) is 2. The number of carbonyl (C=O) groups excluding carboxylic acids is 2. The summed E-state index contributed by atoms with van der Waals surface area (Å²) < 4.78 is 2.14. The van der Waals surface area contributed by atoms with Crippen molar-refractivity contribution in [3.8, 4) is 0 Å². The maximum atomic E-state index is 12.0. The summed E-state index contributed by atoms with van der Waals surface area (Å²) in [5.41, 5.74) is 0.353. The second-order valence-corrected chi connectivity index (χ2v) is 7.90. The highest BCUT2D eigenvalue weighted by Crippen LogP contribution is 2.17. The number of hydrogen-bond acceptors (Lipinski definition) is 5. The Labute approximate surface area is 174 Å². The molecule has 0 saturated carbocycles. The van der Waals surface area contributed by atoms with Crippen LogP contribution in [0.4, 0.5) is 0 Å². The number of benzene rings is 1. The van der Waals surface area contributed by atoms with Crippen molar-refractivity contribution in [3.05, 3.63) is 40.7 Å². The predicted octanol–water partition coefficient (Wildman–Crippen LogP) is 2.79. The first kappa shape index (κ1) is 22.2. The maximum absolute atomic E-state index is 12.0. The number of thioether (sulfide) groups is 1. The van der Waals surface area contributed by atoms with Crippen molar-refractivity contribution in [3.63, 3.8) is 0 Å². The van der Waals surface area contributed by atoms with Crippen molar-refractivity contribution in [2.75, 3.05) is 19.3 Å². The van der Waals surface area contributed by atoms with Crippen LogP contribution in [0.1, 0.15) is 36.5 Å². The Bertz CT molecular complexity index is 809.